The number of aryl methyl sites for hydroxylation is 1. The quantitative estimate of drug-likeness (QED) is 0.909. The lowest BCUT2D eigenvalue weighted by Gasteiger charge is -2.05. The van der Waals surface area contributed by atoms with Crippen LogP contribution < -0.4 is 0 Å². The van der Waals surface area contributed by atoms with Crippen LogP contribution in [0.4, 0.5) is 4.39 Å². The molecule has 0 saturated heterocycles. The van der Waals surface area contributed by atoms with Gasteiger partial charge in [0.1, 0.15) is 5.82 Å². The Labute approximate surface area is 108 Å². The third kappa shape index (κ3) is 2.90. The van der Waals surface area contributed by atoms with Gasteiger partial charge in [-0.3, -0.25) is 0 Å². The number of halogens is 1. The normalized spacial score (nSPS) is 10.3. The first-order chi connectivity index (χ1) is 8.56. The topological polar surface area (TPSA) is 37.3 Å². The van der Waals surface area contributed by atoms with Gasteiger partial charge in [0.15, 0.2) is 0 Å². The van der Waals surface area contributed by atoms with Gasteiger partial charge in [0.2, 0.25) is 0 Å². The number of hydrogen-bond donors (Lipinski definition) is 1. The van der Waals surface area contributed by atoms with E-state index >= 15 is 0 Å². The Bertz CT molecular complexity index is 596. The van der Waals surface area contributed by atoms with Gasteiger partial charge >= 0.3 is 5.97 Å². The summed E-state index contributed by atoms with van der Waals surface area (Å²) in [7, 11) is 0. The van der Waals surface area contributed by atoms with Crippen molar-refractivity contribution < 1.29 is 14.3 Å². The minimum atomic E-state index is -1.12. The monoisotopic (exact) mass is 262 g/mol. The molecule has 0 aliphatic heterocycles. The van der Waals surface area contributed by atoms with Crippen LogP contribution in [-0.2, 0) is 0 Å². The van der Waals surface area contributed by atoms with Crippen molar-refractivity contribution >= 4 is 17.7 Å². The highest BCUT2D eigenvalue weighted by atomic mass is 32.2. The Morgan fingerprint density at radius 3 is 2.61 bits per heavy atom. The summed E-state index contributed by atoms with van der Waals surface area (Å²) in [6, 6.07) is 11.7. The molecule has 2 aromatic carbocycles. The fraction of sp³-hybridized carbons (Fsp3) is 0.0714. The summed E-state index contributed by atoms with van der Waals surface area (Å²) in [5, 5.41) is 8.75. The first-order valence-electron chi connectivity index (χ1n) is 5.33. The second-order valence-electron chi connectivity index (χ2n) is 3.87. The van der Waals surface area contributed by atoms with Crippen molar-refractivity contribution in [1.29, 1.82) is 0 Å². The van der Waals surface area contributed by atoms with Crippen LogP contribution in [0.3, 0.4) is 0 Å². The van der Waals surface area contributed by atoms with E-state index in [4.69, 9.17) is 5.11 Å². The van der Waals surface area contributed by atoms with Gasteiger partial charge in [0.05, 0.1) is 5.56 Å². The van der Waals surface area contributed by atoms with Crippen molar-refractivity contribution in [1.82, 2.24) is 0 Å². The van der Waals surface area contributed by atoms with Gasteiger partial charge in [-0.1, -0.05) is 29.5 Å². The van der Waals surface area contributed by atoms with E-state index in [0.717, 1.165) is 16.5 Å². The van der Waals surface area contributed by atoms with Crippen LogP contribution in [0, 0.1) is 12.7 Å². The second-order valence-corrected chi connectivity index (χ2v) is 4.98. The van der Waals surface area contributed by atoms with E-state index in [1.807, 2.05) is 31.2 Å². The van der Waals surface area contributed by atoms with Gasteiger partial charge < -0.3 is 5.11 Å². The fourth-order valence-corrected chi connectivity index (χ4v) is 2.46. The Morgan fingerprint density at radius 1 is 1.22 bits per heavy atom. The van der Waals surface area contributed by atoms with E-state index in [1.54, 1.807) is 0 Å². The molecule has 0 heterocycles. The largest absolute Gasteiger partial charge is 0.478 e. The Kier molecular flexibility index (Phi) is 3.67. The summed E-state index contributed by atoms with van der Waals surface area (Å²) in [5.41, 5.74) is 1.06. The molecule has 0 aliphatic carbocycles. The molecule has 0 spiro atoms. The van der Waals surface area contributed by atoms with Gasteiger partial charge in [-0.25, -0.2) is 9.18 Å². The summed E-state index contributed by atoms with van der Waals surface area (Å²) in [4.78, 5) is 12.0. The lowest BCUT2D eigenvalue weighted by Crippen LogP contribution is -1.97. The minimum absolute atomic E-state index is 0.0407. The zero-order valence-corrected chi connectivity index (χ0v) is 10.5. The number of aromatic carboxylic acids is 1. The molecule has 2 aromatic rings. The molecule has 0 unspecified atom stereocenters. The molecule has 0 saturated carbocycles. The van der Waals surface area contributed by atoms with E-state index < -0.39 is 11.8 Å². The molecule has 0 radical (unpaired) electrons. The highest BCUT2D eigenvalue weighted by molar-refractivity contribution is 7.99. The van der Waals surface area contributed by atoms with E-state index in [-0.39, 0.29) is 5.56 Å². The second kappa shape index (κ2) is 5.23. The third-order valence-electron chi connectivity index (χ3n) is 2.40. The molecule has 0 bridgehead atoms. The summed E-state index contributed by atoms with van der Waals surface area (Å²) in [6.07, 6.45) is 0. The zero-order chi connectivity index (χ0) is 13.1. The molecular formula is C14H11FO2S. The maximum Gasteiger partial charge on any atom is 0.335 e. The van der Waals surface area contributed by atoms with Gasteiger partial charge in [-0.05, 0) is 37.3 Å². The van der Waals surface area contributed by atoms with Crippen LogP contribution in [0.25, 0.3) is 0 Å². The molecule has 4 heteroatoms. The Morgan fingerprint density at radius 2 is 2.00 bits per heavy atom. The number of rotatable bonds is 3. The predicted molar refractivity (Wildman–Crippen MR) is 68.7 cm³/mol. The summed E-state index contributed by atoms with van der Waals surface area (Å²) >= 11 is 1.28. The number of carboxylic acid groups (broad SMARTS) is 1. The summed E-state index contributed by atoms with van der Waals surface area (Å²) in [6.45, 7) is 1.97. The molecule has 0 fully saturated rings. The van der Waals surface area contributed by atoms with Gasteiger partial charge in [0.25, 0.3) is 0 Å². The van der Waals surface area contributed by atoms with Crippen LogP contribution in [0.5, 0.6) is 0 Å². The molecule has 18 heavy (non-hydrogen) atoms. The molecule has 0 amide bonds. The van der Waals surface area contributed by atoms with E-state index in [0.29, 0.717) is 4.90 Å². The predicted octanol–water partition coefficient (Wildman–Crippen LogP) is 3.98. The summed E-state index contributed by atoms with van der Waals surface area (Å²) in [5.74, 6) is -1.64. The number of carboxylic acids is 1. The van der Waals surface area contributed by atoms with Crippen molar-refractivity contribution in [3.8, 4) is 0 Å². The van der Waals surface area contributed by atoms with Gasteiger partial charge in [-0.15, -0.1) is 0 Å². The van der Waals surface area contributed by atoms with Crippen LogP contribution in [-0.4, -0.2) is 11.1 Å². The zero-order valence-electron chi connectivity index (χ0n) is 9.68. The van der Waals surface area contributed by atoms with Crippen molar-refractivity contribution in [3.63, 3.8) is 0 Å². The number of carbonyl (C=O) groups is 1. The van der Waals surface area contributed by atoms with E-state index in [1.165, 1.54) is 23.9 Å². The van der Waals surface area contributed by atoms with E-state index in [9.17, 15) is 9.18 Å². The molecule has 1 N–H and O–H groups in total. The maximum absolute atomic E-state index is 13.7. The lowest BCUT2D eigenvalue weighted by atomic mass is 10.2. The average Bonchev–Trinajstić information content (AvgIpc) is 2.31. The highest BCUT2D eigenvalue weighted by Crippen LogP contribution is 2.30. The van der Waals surface area contributed by atoms with Crippen LogP contribution in [0.2, 0.25) is 0 Å². The molecule has 2 nitrogen and oxygen atoms in total. The minimum Gasteiger partial charge on any atom is -0.478 e. The first kappa shape index (κ1) is 12.6. The van der Waals surface area contributed by atoms with Crippen LogP contribution in [0.15, 0.2) is 52.3 Å². The molecule has 2 rings (SSSR count). The highest BCUT2D eigenvalue weighted by Gasteiger charge is 2.09. The fourth-order valence-electron chi connectivity index (χ4n) is 1.52. The van der Waals surface area contributed by atoms with Crippen molar-refractivity contribution in [2.24, 2.45) is 0 Å². The molecule has 0 aromatic heterocycles. The average molecular weight is 262 g/mol. The summed E-state index contributed by atoms with van der Waals surface area (Å²) < 4.78 is 13.7. The molecular weight excluding hydrogens is 251 g/mol. The number of hydrogen-bond acceptors (Lipinski definition) is 2. The molecule has 92 valence electrons. The van der Waals surface area contributed by atoms with E-state index in [2.05, 4.69) is 0 Å². The van der Waals surface area contributed by atoms with Crippen molar-refractivity contribution in [2.75, 3.05) is 0 Å². The van der Waals surface area contributed by atoms with Gasteiger partial charge in [0, 0.05) is 9.79 Å². The Hall–Kier alpha value is -1.81. The van der Waals surface area contributed by atoms with Crippen LogP contribution in [0.1, 0.15) is 15.9 Å². The number of benzene rings is 2. The molecule has 0 atom stereocenters. The van der Waals surface area contributed by atoms with Crippen molar-refractivity contribution in [2.45, 2.75) is 16.7 Å². The standard InChI is InChI=1S/C14H11FO2S/c1-9-3-2-4-11(7-9)18-13-6-5-10(14(16)17)8-12(13)15/h2-8H,1H3,(H,16,17). The lowest BCUT2D eigenvalue weighted by molar-refractivity contribution is 0.0696. The van der Waals surface area contributed by atoms with Crippen LogP contribution >= 0.6 is 11.8 Å². The maximum atomic E-state index is 13.7. The Balaban J connectivity index is 2.27. The van der Waals surface area contributed by atoms with Gasteiger partial charge in [-0.2, -0.15) is 0 Å². The van der Waals surface area contributed by atoms with Crippen molar-refractivity contribution in [3.05, 3.63) is 59.4 Å². The molecule has 0 aliphatic rings. The first-order valence-corrected chi connectivity index (χ1v) is 6.15. The smallest absolute Gasteiger partial charge is 0.335 e. The third-order valence-corrected chi connectivity index (χ3v) is 3.44. The SMILES string of the molecule is Cc1cccc(Sc2ccc(C(=O)O)cc2F)c1.